The highest BCUT2D eigenvalue weighted by Gasteiger charge is 2.36. The number of unbranched alkanes of at least 4 members (excludes halogenated alkanes) is 1. The molecule has 0 aromatic heterocycles. The summed E-state index contributed by atoms with van der Waals surface area (Å²) < 4.78 is 11.1. The number of phenols is 1. The zero-order valence-electron chi connectivity index (χ0n) is 35.7. The molecule has 4 aliphatic heterocycles. The molecule has 0 unspecified atom stereocenters. The van der Waals surface area contributed by atoms with Gasteiger partial charge in [0.15, 0.2) is 6.10 Å². The summed E-state index contributed by atoms with van der Waals surface area (Å²) in [6.07, 6.45) is 6.74. The summed E-state index contributed by atoms with van der Waals surface area (Å²) in [4.78, 5) is 63.0. The number of hydrogen-bond acceptors (Lipinski definition) is 9. The number of esters is 1. The number of nitrogens with one attached hydrogen (secondary N) is 1. The lowest BCUT2D eigenvalue weighted by molar-refractivity contribution is -0.143. The standard InChI is InChI=1S/C41H58N6O7.C4H10/c1-4-53-37(48)10-7-16-43-17-12-33(13-18-43)44-22-24-45(25-23-44)39(50)36(28-31-26-29(2)38(49)30(3)27-31)54-41(52)46-19-14-34(15-20-46)47-21-11-32-8-5-6-9-35(32)42-40(47)51;1-3-4-2/h5-6,8-9,26-27,33-34,36,49H,4,7,10-25,28H2,1-3H3,(H,42,51);3-4H2,1-2H3/t36-;/m1./s1. The average molecular weight is 805 g/mol. The van der Waals surface area contributed by atoms with Gasteiger partial charge in [0.2, 0.25) is 0 Å². The maximum atomic E-state index is 14.2. The van der Waals surface area contributed by atoms with E-state index in [1.54, 1.807) is 4.90 Å². The van der Waals surface area contributed by atoms with Crippen molar-refractivity contribution in [1.29, 1.82) is 0 Å². The molecule has 0 spiro atoms. The number of piperidine rings is 2. The second-order valence-corrected chi connectivity index (χ2v) is 16.2. The van der Waals surface area contributed by atoms with Gasteiger partial charge in [0.25, 0.3) is 5.91 Å². The topological polar surface area (TPSA) is 135 Å². The van der Waals surface area contributed by atoms with Crippen molar-refractivity contribution in [3.63, 3.8) is 0 Å². The number of rotatable bonds is 12. The summed E-state index contributed by atoms with van der Waals surface area (Å²) in [7, 11) is 0. The number of ether oxygens (including phenoxy) is 2. The molecular formula is C45H68N6O7. The minimum Gasteiger partial charge on any atom is -0.507 e. The average Bonchev–Trinajstić information content (AvgIpc) is 3.40. The Kier molecular flexibility index (Phi) is 17.1. The third kappa shape index (κ3) is 12.3. The molecule has 0 aliphatic carbocycles. The summed E-state index contributed by atoms with van der Waals surface area (Å²) >= 11 is 0. The second kappa shape index (κ2) is 22.1. The van der Waals surface area contributed by atoms with Crippen LogP contribution in [0.3, 0.4) is 0 Å². The Bertz CT molecular complexity index is 1640. The lowest BCUT2D eigenvalue weighted by atomic mass is 10.00. The minimum atomic E-state index is -1.00. The zero-order valence-corrected chi connectivity index (χ0v) is 35.7. The Labute approximate surface area is 346 Å². The van der Waals surface area contributed by atoms with Crippen molar-refractivity contribution in [3.05, 3.63) is 58.7 Å². The number of piperazine rings is 1. The smallest absolute Gasteiger partial charge is 0.410 e. The van der Waals surface area contributed by atoms with E-state index in [9.17, 15) is 24.3 Å². The highest BCUT2D eigenvalue weighted by Crippen LogP contribution is 2.27. The Morgan fingerprint density at radius 2 is 1.47 bits per heavy atom. The summed E-state index contributed by atoms with van der Waals surface area (Å²) in [6.45, 7) is 17.3. The molecule has 2 aromatic carbocycles. The molecule has 6 rings (SSSR count). The molecule has 0 bridgehead atoms. The molecule has 4 heterocycles. The van der Waals surface area contributed by atoms with E-state index in [0.717, 1.165) is 75.2 Å². The van der Waals surface area contributed by atoms with E-state index in [-0.39, 0.29) is 36.1 Å². The van der Waals surface area contributed by atoms with E-state index >= 15 is 0 Å². The number of amides is 4. The predicted molar refractivity (Wildman–Crippen MR) is 226 cm³/mol. The first-order valence-electron chi connectivity index (χ1n) is 21.8. The van der Waals surface area contributed by atoms with Gasteiger partial charge in [-0.1, -0.05) is 57.0 Å². The molecule has 3 saturated heterocycles. The number of urea groups is 1. The van der Waals surface area contributed by atoms with E-state index in [1.165, 1.54) is 12.8 Å². The number of aromatic hydroxyl groups is 1. The first-order valence-corrected chi connectivity index (χ1v) is 21.8. The minimum absolute atomic E-state index is 0.00333. The monoisotopic (exact) mass is 805 g/mol. The fourth-order valence-electron chi connectivity index (χ4n) is 8.55. The number of anilines is 1. The van der Waals surface area contributed by atoms with Gasteiger partial charge in [0, 0.05) is 76.4 Å². The van der Waals surface area contributed by atoms with Crippen molar-refractivity contribution in [2.75, 3.05) is 77.4 Å². The number of fused-ring (bicyclic) bond motifs is 1. The number of hydrogen-bond donors (Lipinski definition) is 2. The summed E-state index contributed by atoms with van der Waals surface area (Å²) in [6, 6.07) is 11.9. The van der Waals surface area contributed by atoms with Gasteiger partial charge in [-0.2, -0.15) is 0 Å². The van der Waals surface area contributed by atoms with Gasteiger partial charge in [0.05, 0.1) is 6.61 Å². The van der Waals surface area contributed by atoms with Crippen LogP contribution in [-0.2, 0) is 31.9 Å². The molecule has 320 valence electrons. The van der Waals surface area contributed by atoms with Crippen molar-refractivity contribution >= 4 is 29.7 Å². The number of likely N-dealkylation sites (tertiary alicyclic amines) is 2. The molecule has 1 atom stereocenters. The molecule has 0 radical (unpaired) electrons. The van der Waals surface area contributed by atoms with E-state index < -0.39 is 12.2 Å². The van der Waals surface area contributed by atoms with Crippen molar-refractivity contribution in [2.45, 2.75) is 117 Å². The highest BCUT2D eigenvalue weighted by atomic mass is 16.6. The predicted octanol–water partition coefficient (Wildman–Crippen LogP) is 6.37. The van der Waals surface area contributed by atoms with Crippen LogP contribution < -0.4 is 5.32 Å². The molecule has 13 nitrogen and oxygen atoms in total. The third-order valence-electron chi connectivity index (χ3n) is 12.2. The molecular weight excluding hydrogens is 737 g/mol. The van der Waals surface area contributed by atoms with E-state index in [1.807, 2.05) is 67.0 Å². The van der Waals surface area contributed by atoms with Crippen LogP contribution >= 0.6 is 0 Å². The summed E-state index contributed by atoms with van der Waals surface area (Å²) in [5, 5.41) is 13.4. The van der Waals surface area contributed by atoms with Crippen LogP contribution in [0.25, 0.3) is 0 Å². The molecule has 2 aromatic rings. The first-order chi connectivity index (χ1) is 28.0. The molecule has 3 fully saturated rings. The highest BCUT2D eigenvalue weighted by molar-refractivity contribution is 5.91. The van der Waals surface area contributed by atoms with E-state index in [4.69, 9.17) is 9.47 Å². The number of nitrogens with zero attached hydrogens (tertiary/aromatic N) is 5. The Hall–Kier alpha value is -4.36. The first kappa shape index (κ1) is 44.7. The largest absolute Gasteiger partial charge is 0.507 e. The number of carbonyl (C=O) groups excluding carboxylic acids is 4. The number of aryl methyl sites for hydroxylation is 2. The van der Waals surface area contributed by atoms with Gasteiger partial charge < -0.3 is 39.5 Å². The van der Waals surface area contributed by atoms with Crippen LogP contribution in [0.1, 0.15) is 94.4 Å². The third-order valence-corrected chi connectivity index (χ3v) is 12.2. The Morgan fingerprint density at radius 3 is 2.10 bits per heavy atom. The second-order valence-electron chi connectivity index (χ2n) is 16.2. The molecule has 0 saturated carbocycles. The quantitative estimate of drug-likeness (QED) is 0.235. The number of carbonyl (C=O) groups is 4. The zero-order chi connectivity index (χ0) is 41.6. The fourth-order valence-corrected chi connectivity index (χ4v) is 8.55. The number of para-hydroxylation sites is 1. The van der Waals surface area contributed by atoms with E-state index in [2.05, 4.69) is 29.0 Å². The van der Waals surface area contributed by atoms with Crippen LogP contribution in [-0.4, -0.2) is 144 Å². The van der Waals surface area contributed by atoms with Crippen LogP contribution in [0.15, 0.2) is 36.4 Å². The molecule has 13 heteroatoms. The maximum Gasteiger partial charge on any atom is 0.410 e. The Balaban J connectivity index is 0.00000153. The normalized spacial score (nSPS) is 19.0. The van der Waals surface area contributed by atoms with Gasteiger partial charge in [-0.25, -0.2) is 9.59 Å². The van der Waals surface area contributed by atoms with Gasteiger partial charge in [-0.15, -0.1) is 0 Å². The van der Waals surface area contributed by atoms with Gasteiger partial charge in [0.1, 0.15) is 5.75 Å². The summed E-state index contributed by atoms with van der Waals surface area (Å²) in [5.41, 5.74) is 4.22. The Morgan fingerprint density at radius 1 is 0.828 bits per heavy atom. The van der Waals surface area contributed by atoms with Crippen molar-refractivity contribution < 1.29 is 33.8 Å². The lowest BCUT2D eigenvalue weighted by Gasteiger charge is -2.43. The van der Waals surface area contributed by atoms with Crippen molar-refractivity contribution in [2.24, 2.45) is 0 Å². The summed E-state index contributed by atoms with van der Waals surface area (Å²) in [5.74, 6) is -0.0993. The maximum absolute atomic E-state index is 14.2. The van der Waals surface area contributed by atoms with E-state index in [0.29, 0.717) is 75.8 Å². The van der Waals surface area contributed by atoms with Crippen LogP contribution in [0, 0.1) is 13.8 Å². The van der Waals surface area contributed by atoms with Crippen LogP contribution in [0.4, 0.5) is 15.3 Å². The SMILES string of the molecule is CCCC.CCOC(=O)CCCN1CCC(N2CCN(C(=O)[C@@H](Cc3cc(C)c(O)c(C)c3)OC(=O)N3CCC(N4CCc5ccccc5NC4=O)CC3)CC2)CC1. The van der Waals surface area contributed by atoms with Crippen molar-refractivity contribution in [3.8, 4) is 5.75 Å². The van der Waals surface area contributed by atoms with Crippen LogP contribution in [0.2, 0.25) is 0 Å². The van der Waals surface area contributed by atoms with Gasteiger partial charge in [-0.05, 0) is 107 Å². The number of phenolic OH excluding ortho intramolecular Hbond substituents is 1. The lowest BCUT2D eigenvalue weighted by Crippen LogP contribution is -2.56. The van der Waals surface area contributed by atoms with Gasteiger partial charge in [-0.3, -0.25) is 14.5 Å². The molecule has 2 N–H and O–H groups in total. The molecule has 58 heavy (non-hydrogen) atoms. The molecule has 4 aliphatic rings. The van der Waals surface area contributed by atoms with Gasteiger partial charge >= 0.3 is 18.1 Å². The fraction of sp³-hybridized carbons (Fsp3) is 0.644. The van der Waals surface area contributed by atoms with Crippen LogP contribution in [0.5, 0.6) is 5.75 Å². The van der Waals surface area contributed by atoms with Crippen molar-refractivity contribution in [1.82, 2.24) is 24.5 Å². The molecule has 4 amide bonds. The number of benzene rings is 2.